The van der Waals surface area contributed by atoms with Crippen LogP contribution in [-0.2, 0) is 11.0 Å². The van der Waals surface area contributed by atoms with Crippen LogP contribution in [0.4, 0.5) is 13.2 Å². The molecule has 13 heteroatoms. The highest BCUT2D eigenvalue weighted by atomic mass is 19.4. The summed E-state index contributed by atoms with van der Waals surface area (Å²) in [4.78, 5) is 17.3. The number of methoxy groups -OCH3 is 1. The Morgan fingerprint density at radius 2 is 1.95 bits per heavy atom. The summed E-state index contributed by atoms with van der Waals surface area (Å²) < 4.78 is 53.8. The molecule has 0 saturated carbocycles. The van der Waals surface area contributed by atoms with E-state index in [-0.39, 0.29) is 41.1 Å². The Hall–Kier alpha value is -4.23. The molecule has 1 aliphatic rings. The molecule has 1 aliphatic heterocycles. The molecule has 0 amide bonds. The Kier molecular flexibility index (Phi) is 8.08. The van der Waals surface area contributed by atoms with E-state index in [1.165, 1.54) is 19.2 Å². The number of nitrogens with zero attached hydrogens (tertiary/aromatic N) is 5. The zero-order valence-electron chi connectivity index (χ0n) is 22.1. The molecule has 2 aromatic heterocycles. The van der Waals surface area contributed by atoms with Crippen molar-refractivity contribution >= 4 is 5.97 Å². The van der Waals surface area contributed by atoms with Crippen LogP contribution in [-0.4, -0.2) is 67.7 Å². The van der Waals surface area contributed by atoms with Crippen LogP contribution >= 0.6 is 0 Å². The fourth-order valence-electron chi connectivity index (χ4n) is 5.15. The van der Waals surface area contributed by atoms with Crippen molar-refractivity contribution in [1.29, 1.82) is 0 Å². The summed E-state index contributed by atoms with van der Waals surface area (Å²) in [5.74, 6) is -0.827. The number of aromatic nitrogens is 4. The van der Waals surface area contributed by atoms with Gasteiger partial charge in [0.2, 0.25) is 5.82 Å². The van der Waals surface area contributed by atoms with Crippen LogP contribution in [0, 0.1) is 5.92 Å². The molecule has 2 atom stereocenters. The highest BCUT2D eigenvalue weighted by Crippen LogP contribution is 2.39. The lowest BCUT2D eigenvalue weighted by Gasteiger charge is -2.33. The lowest BCUT2D eigenvalue weighted by Crippen LogP contribution is -2.38. The van der Waals surface area contributed by atoms with Gasteiger partial charge in [0.05, 0.1) is 25.0 Å². The number of carboxylic acid groups (broad SMARTS) is 1. The summed E-state index contributed by atoms with van der Waals surface area (Å²) in [6.45, 7) is 1.75. The van der Waals surface area contributed by atoms with Gasteiger partial charge in [0.1, 0.15) is 11.4 Å². The SMILES string of the molecule is COc1ccccc1-n1ncc(-c2nc(-c3ccc(C(O)CN4CCCC(CC(=O)O)C4)cc3)no2)c1C(F)(F)F. The van der Waals surface area contributed by atoms with Crippen molar-refractivity contribution in [2.45, 2.75) is 31.5 Å². The molecule has 0 spiro atoms. The first-order valence-electron chi connectivity index (χ1n) is 13.0. The minimum atomic E-state index is -4.79. The van der Waals surface area contributed by atoms with Crippen molar-refractivity contribution in [2.75, 3.05) is 26.7 Å². The van der Waals surface area contributed by atoms with Gasteiger partial charge in [-0.1, -0.05) is 41.6 Å². The van der Waals surface area contributed by atoms with Gasteiger partial charge < -0.3 is 24.4 Å². The van der Waals surface area contributed by atoms with E-state index < -0.39 is 23.9 Å². The van der Waals surface area contributed by atoms with E-state index in [1.54, 1.807) is 36.4 Å². The molecule has 0 aliphatic carbocycles. The molecule has 216 valence electrons. The monoisotopic (exact) mass is 571 g/mol. The molecule has 0 radical (unpaired) electrons. The van der Waals surface area contributed by atoms with Gasteiger partial charge in [0, 0.05) is 25.1 Å². The predicted octanol–water partition coefficient (Wildman–Crippen LogP) is 4.84. The first-order valence-corrected chi connectivity index (χ1v) is 13.0. The van der Waals surface area contributed by atoms with E-state index in [9.17, 15) is 23.1 Å². The van der Waals surface area contributed by atoms with E-state index in [0.717, 1.165) is 30.3 Å². The Morgan fingerprint density at radius 1 is 1.20 bits per heavy atom. The van der Waals surface area contributed by atoms with E-state index in [1.807, 2.05) is 0 Å². The van der Waals surface area contributed by atoms with Gasteiger partial charge in [-0.05, 0) is 43.0 Å². The maximum atomic E-state index is 14.2. The first-order chi connectivity index (χ1) is 19.6. The van der Waals surface area contributed by atoms with Crippen LogP contribution in [0.2, 0.25) is 0 Å². The number of halogens is 3. The molecule has 2 unspecified atom stereocenters. The van der Waals surface area contributed by atoms with Gasteiger partial charge in [-0.2, -0.15) is 23.3 Å². The van der Waals surface area contributed by atoms with Crippen molar-refractivity contribution in [3.63, 3.8) is 0 Å². The van der Waals surface area contributed by atoms with Crippen molar-refractivity contribution in [1.82, 2.24) is 24.8 Å². The zero-order chi connectivity index (χ0) is 29.1. The number of benzene rings is 2. The average molecular weight is 572 g/mol. The topological polar surface area (TPSA) is 127 Å². The number of ether oxygens (including phenoxy) is 1. The minimum Gasteiger partial charge on any atom is -0.494 e. The van der Waals surface area contributed by atoms with E-state index in [2.05, 4.69) is 20.1 Å². The Bertz CT molecular complexity index is 1500. The maximum Gasteiger partial charge on any atom is 0.434 e. The highest BCUT2D eigenvalue weighted by molar-refractivity contribution is 5.67. The highest BCUT2D eigenvalue weighted by Gasteiger charge is 2.41. The predicted molar refractivity (Wildman–Crippen MR) is 140 cm³/mol. The lowest BCUT2D eigenvalue weighted by atomic mass is 9.94. The number of aliphatic carboxylic acids is 1. The van der Waals surface area contributed by atoms with Crippen molar-refractivity contribution < 1.29 is 37.4 Å². The van der Waals surface area contributed by atoms with Gasteiger partial charge in [0.15, 0.2) is 5.69 Å². The molecular weight excluding hydrogens is 543 g/mol. The smallest absolute Gasteiger partial charge is 0.434 e. The third-order valence-corrected chi connectivity index (χ3v) is 7.06. The van der Waals surface area contributed by atoms with E-state index in [0.29, 0.717) is 24.2 Å². The second-order valence-electron chi connectivity index (χ2n) is 9.91. The third-order valence-electron chi connectivity index (χ3n) is 7.06. The normalized spacial score (nSPS) is 17.0. The quantitative estimate of drug-likeness (QED) is 0.290. The van der Waals surface area contributed by atoms with E-state index >= 15 is 0 Å². The Morgan fingerprint density at radius 3 is 2.66 bits per heavy atom. The molecule has 4 aromatic rings. The van der Waals surface area contributed by atoms with Crippen molar-refractivity contribution in [2.24, 2.45) is 5.92 Å². The standard InChI is InChI=1S/C28H28F3N5O5/c1-40-23-7-3-2-6-21(23)36-25(28(29,30)31)20(14-32-36)27-33-26(34-41-27)19-10-8-18(9-11-19)22(37)16-35-12-4-5-17(15-35)13-24(38)39/h2-3,6-11,14,17,22,37H,4-5,12-13,15-16H2,1H3,(H,38,39). The minimum absolute atomic E-state index is 0.0583. The van der Waals surface area contributed by atoms with Gasteiger partial charge in [-0.3, -0.25) is 4.79 Å². The molecule has 1 fully saturated rings. The summed E-state index contributed by atoms with van der Waals surface area (Å²) in [6.07, 6.45) is -2.73. The molecule has 41 heavy (non-hydrogen) atoms. The number of likely N-dealkylation sites (tertiary alicyclic amines) is 1. The lowest BCUT2D eigenvalue weighted by molar-refractivity contribution is -0.142. The number of para-hydroxylation sites is 2. The molecule has 10 nitrogen and oxygen atoms in total. The average Bonchev–Trinajstić information content (AvgIpc) is 3.61. The van der Waals surface area contributed by atoms with Gasteiger partial charge in [-0.15, -0.1) is 0 Å². The number of alkyl halides is 3. The van der Waals surface area contributed by atoms with Crippen LogP contribution in [0.3, 0.4) is 0 Å². The largest absolute Gasteiger partial charge is 0.494 e. The molecule has 3 heterocycles. The Labute approximate surface area is 233 Å². The zero-order valence-corrected chi connectivity index (χ0v) is 22.1. The number of carbonyl (C=O) groups is 1. The molecule has 5 rings (SSSR count). The number of β-amino-alcohol motifs (C(OH)–C–C–N with tert-alkyl or cyclic N) is 1. The van der Waals surface area contributed by atoms with Gasteiger partial charge >= 0.3 is 12.1 Å². The molecular formula is C28H28F3N5O5. The number of aliphatic hydroxyl groups excluding tert-OH is 1. The number of hydrogen-bond donors (Lipinski definition) is 2. The van der Waals surface area contributed by atoms with Crippen LogP contribution in [0.25, 0.3) is 28.5 Å². The van der Waals surface area contributed by atoms with Crippen LogP contribution in [0.1, 0.15) is 36.6 Å². The second-order valence-corrected chi connectivity index (χ2v) is 9.91. The number of aliphatic hydroxyl groups is 1. The van der Waals surface area contributed by atoms with Crippen LogP contribution < -0.4 is 4.74 Å². The summed E-state index contributed by atoms with van der Waals surface area (Å²) in [7, 11) is 1.36. The number of carboxylic acids is 1. The first kappa shape index (κ1) is 28.3. The summed E-state index contributed by atoms with van der Waals surface area (Å²) in [6, 6.07) is 12.9. The molecule has 2 aromatic carbocycles. The Balaban J connectivity index is 1.34. The number of hydrogen-bond acceptors (Lipinski definition) is 8. The maximum absolute atomic E-state index is 14.2. The third kappa shape index (κ3) is 6.25. The van der Waals surface area contributed by atoms with Gasteiger partial charge in [-0.25, -0.2) is 4.68 Å². The number of piperidine rings is 1. The number of rotatable bonds is 9. The fraction of sp³-hybridized carbons (Fsp3) is 0.357. The molecule has 2 N–H and O–H groups in total. The molecule has 0 bridgehead atoms. The van der Waals surface area contributed by atoms with Crippen LogP contribution in [0.15, 0.2) is 59.3 Å². The van der Waals surface area contributed by atoms with Crippen LogP contribution in [0.5, 0.6) is 5.75 Å². The summed E-state index contributed by atoms with van der Waals surface area (Å²) in [5, 5.41) is 27.6. The summed E-state index contributed by atoms with van der Waals surface area (Å²) >= 11 is 0. The van der Waals surface area contributed by atoms with E-state index in [4.69, 9.17) is 14.4 Å². The second kappa shape index (κ2) is 11.7. The van der Waals surface area contributed by atoms with Crippen molar-refractivity contribution in [3.05, 3.63) is 66.0 Å². The van der Waals surface area contributed by atoms with Gasteiger partial charge in [0.25, 0.3) is 5.89 Å². The van der Waals surface area contributed by atoms with Crippen molar-refractivity contribution in [3.8, 4) is 34.3 Å². The summed E-state index contributed by atoms with van der Waals surface area (Å²) in [5.41, 5.74) is -0.239. The molecule has 1 saturated heterocycles. The fourth-order valence-corrected chi connectivity index (χ4v) is 5.15.